The van der Waals surface area contributed by atoms with Crippen LogP contribution < -0.4 is 10.1 Å². The molecule has 19 heavy (non-hydrogen) atoms. The van der Waals surface area contributed by atoms with Crippen LogP contribution in [0.2, 0.25) is 0 Å². The first-order valence-electron chi connectivity index (χ1n) is 6.83. The molecular weight excluding hydrogens is 262 g/mol. The summed E-state index contributed by atoms with van der Waals surface area (Å²) in [7, 11) is 0. The average molecular weight is 286 g/mol. The molecule has 0 aliphatic carbocycles. The minimum absolute atomic E-state index is 0.117. The zero-order valence-corrected chi connectivity index (χ0v) is 13.0. The molecule has 0 saturated carbocycles. The molecular formula is C14H24ClN3O. The number of hydrogen-bond acceptors (Lipinski definition) is 4. The minimum atomic E-state index is 0.117. The van der Waals surface area contributed by atoms with E-state index < -0.39 is 0 Å². The van der Waals surface area contributed by atoms with Gasteiger partial charge in [-0.3, -0.25) is 0 Å². The molecule has 1 unspecified atom stereocenters. The van der Waals surface area contributed by atoms with Crippen molar-refractivity contribution in [2.24, 2.45) is 5.92 Å². The lowest BCUT2D eigenvalue weighted by Gasteiger charge is -2.12. The van der Waals surface area contributed by atoms with Crippen molar-refractivity contribution in [1.29, 1.82) is 0 Å². The molecule has 0 spiro atoms. The molecule has 0 bridgehead atoms. The van der Waals surface area contributed by atoms with Gasteiger partial charge >= 0.3 is 0 Å². The van der Waals surface area contributed by atoms with Crippen LogP contribution in [0.1, 0.15) is 39.3 Å². The van der Waals surface area contributed by atoms with Crippen LogP contribution >= 0.6 is 11.6 Å². The number of nitrogens with one attached hydrogen (secondary N) is 1. The van der Waals surface area contributed by atoms with Crippen LogP contribution in [0.4, 0.5) is 5.95 Å². The number of alkyl halides is 1. The van der Waals surface area contributed by atoms with Crippen molar-refractivity contribution < 1.29 is 4.74 Å². The van der Waals surface area contributed by atoms with Crippen molar-refractivity contribution in [3.8, 4) is 5.88 Å². The third kappa shape index (κ3) is 6.62. The van der Waals surface area contributed by atoms with E-state index in [-0.39, 0.29) is 6.10 Å². The quantitative estimate of drug-likeness (QED) is 0.585. The van der Waals surface area contributed by atoms with Gasteiger partial charge in [0.15, 0.2) is 0 Å². The van der Waals surface area contributed by atoms with E-state index in [0.29, 0.717) is 23.6 Å². The summed E-state index contributed by atoms with van der Waals surface area (Å²) in [5.41, 5.74) is 0.905. The Morgan fingerprint density at radius 2 is 2.05 bits per heavy atom. The first kappa shape index (κ1) is 16.0. The van der Waals surface area contributed by atoms with Gasteiger partial charge in [0.25, 0.3) is 0 Å². The summed E-state index contributed by atoms with van der Waals surface area (Å²) >= 11 is 5.78. The van der Waals surface area contributed by atoms with E-state index in [2.05, 4.69) is 22.2 Å². The molecule has 108 valence electrons. The topological polar surface area (TPSA) is 47.0 Å². The molecule has 1 N–H and O–H groups in total. The smallest absolute Gasteiger partial charge is 0.226 e. The van der Waals surface area contributed by atoms with E-state index in [4.69, 9.17) is 16.3 Å². The Labute approximate surface area is 120 Å². The Bertz CT molecular complexity index is 385. The highest BCUT2D eigenvalue weighted by Crippen LogP contribution is 2.14. The number of anilines is 1. The third-order valence-electron chi connectivity index (χ3n) is 2.61. The Kier molecular flexibility index (Phi) is 6.92. The third-order valence-corrected chi connectivity index (χ3v) is 3.13. The van der Waals surface area contributed by atoms with Crippen molar-refractivity contribution in [2.75, 3.05) is 17.7 Å². The lowest BCUT2D eigenvalue weighted by molar-refractivity contribution is 0.232. The Balaban J connectivity index is 2.46. The molecule has 0 fully saturated rings. The molecule has 1 atom stereocenters. The van der Waals surface area contributed by atoms with Gasteiger partial charge in [0.05, 0.1) is 6.10 Å². The highest BCUT2D eigenvalue weighted by atomic mass is 35.5. The summed E-state index contributed by atoms with van der Waals surface area (Å²) in [6.07, 6.45) is 2.29. The molecule has 0 saturated heterocycles. The Hall–Kier alpha value is -1.03. The molecule has 0 amide bonds. The average Bonchev–Trinajstić information content (AvgIpc) is 2.32. The molecule has 1 rings (SSSR count). The minimum Gasteiger partial charge on any atom is -0.475 e. The Morgan fingerprint density at radius 1 is 1.32 bits per heavy atom. The Morgan fingerprint density at radius 3 is 2.68 bits per heavy atom. The predicted octanol–water partition coefficient (Wildman–Crippen LogP) is 3.64. The fourth-order valence-electron chi connectivity index (χ4n) is 1.65. The SMILES string of the molecule is Cc1cc(OC(C)C)nc(NCCCC(C)CCl)n1. The summed E-state index contributed by atoms with van der Waals surface area (Å²) < 4.78 is 5.59. The molecule has 1 aromatic heterocycles. The highest BCUT2D eigenvalue weighted by Gasteiger charge is 2.05. The van der Waals surface area contributed by atoms with Gasteiger partial charge in [-0.2, -0.15) is 4.98 Å². The maximum atomic E-state index is 5.78. The fourth-order valence-corrected chi connectivity index (χ4v) is 1.80. The van der Waals surface area contributed by atoms with E-state index >= 15 is 0 Å². The van der Waals surface area contributed by atoms with Gasteiger partial charge in [0.1, 0.15) is 0 Å². The van der Waals surface area contributed by atoms with Gasteiger partial charge in [-0.05, 0) is 39.5 Å². The number of halogens is 1. The second kappa shape index (κ2) is 8.20. The largest absolute Gasteiger partial charge is 0.475 e. The molecule has 1 aromatic rings. The van der Waals surface area contributed by atoms with Gasteiger partial charge < -0.3 is 10.1 Å². The van der Waals surface area contributed by atoms with Crippen LogP contribution in [-0.4, -0.2) is 28.5 Å². The van der Waals surface area contributed by atoms with E-state index in [9.17, 15) is 0 Å². The van der Waals surface area contributed by atoms with Crippen LogP contribution in [0.25, 0.3) is 0 Å². The van der Waals surface area contributed by atoms with Crippen LogP contribution in [0.15, 0.2) is 6.07 Å². The van der Waals surface area contributed by atoms with Gasteiger partial charge in [-0.1, -0.05) is 6.92 Å². The summed E-state index contributed by atoms with van der Waals surface area (Å²) in [5, 5.41) is 3.23. The summed E-state index contributed by atoms with van der Waals surface area (Å²) in [4.78, 5) is 8.69. The molecule has 0 aromatic carbocycles. The van der Waals surface area contributed by atoms with Crippen molar-refractivity contribution in [2.45, 2.75) is 46.6 Å². The fraction of sp³-hybridized carbons (Fsp3) is 0.714. The van der Waals surface area contributed by atoms with Gasteiger partial charge in [-0.25, -0.2) is 4.98 Å². The molecule has 0 aliphatic heterocycles. The molecule has 0 radical (unpaired) electrons. The van der Waals surface area contributed by atoms with Crippen LogP contribution in [0.5, 0.6) is 5.88 Å². The number of hydrogen-bond donors (Lipinski definition) is 1. The van der Waals surface area contributed by atoms with Crippen molar-refractivity contribution in [3.05, 3.63) is 11.8 Å². The maximum absolute atomic E-state index is 5.78. The molecule has 0 aliphatic rings. The van der Waals surface area contributed by atoms with E-state index in [1.807, 2.05) is 26.8 Å². The second-order valence-electron chi connectivity index (χ2n) is 5.17. The zero-order chi connectivity index (χ0) is 14.3. The van der Waals surface area contributed by atoms with Gasteiger partial charge in [0, 0.05) is 24.2 Å². The number of ether oxygens (including phenoxy) is 1. The summed E-state index contributed by atoms with van der Waals surface area (Å²) in [6, 6.07) is 1.85. The monoisotopic (exact) mass is 285 g/mol. The normalized spacial score (nSPS) is 12.5. The summed E-state index contributed by atoms with van der Waals surface area (Å²) in [5.74, 6) is 2.53. The van der Waals surface area contributed by atoms with E-state index in [1.54, 1.807) is 0 Å². The number of aryl methyl sites for hydroxylation is 1. The van der Waals surface area contributed by atoms with Gasteiger partial charge in [-0.15, -0.1) is 11.6 Å². The predicted molar refractivity (Wildman–Crippen MR) is 80.1 cm³/mol. The number of aromatic nitrogens is 2. The van der Waals surface area contributed by atoms with Crippen LogP contribution in [0, 0.1) is 12.8 Å². The first-order valence-corrected chi connectivity index (χ1v) is 7.37. The number of rotatable bonds is 8. The van der Waals surface area contributed by atoms with E-state index in [0.717, 1.165) is 25.1 Å². The standard InChI is InChI=1S/C14H24ClN3O/c1-10(2)19-13-8-12(4)17-14(18-13)16-7-5-6-11(3)9-15/h8,10-11H,5-7,9H2,1-4H3,(H,16,17,18). The second-order valence-corrected chi connectivity index (χ2v) is 5.47. The van der Waals surface area contributed by atoms with Crippen molar-refractivity contribution in [3.63, 3.8) is 0 Å². The summed E-state index contributed by atoms with van der Waals surface area (Å²) in [6.45, 7) is 8.92. The van der Waals surface area contributed by atoms with Crippen LogP contribution in [-0.2, 0) is 0 Å². The zero-order valence-electron chi connectivity index (χ0n) is 12.2. The first-order chi connectivity index (χ1) is 9.01. The molecule has 4 nitrogen and oxygen atoms in total. The highest BCUT2D eigenvalue weighted by molar-refractivity contribution is 6.18. The maximum Gasteiger partial charge on any atom is 0.226 e. The molecule has 5 heteroatoms. The lowest BCUT2D eigenvalue weighted by atomic mass is 10.1. The number of nitrogens with zero attached hydrogens (tertiary/aromatic N) is 2. The molecule has 1 heterocycles. The van der Waals surface area contributed by atoms with Crippen LogP contribution in [0.3, 0.4) is 0 Å². The van der Waals surface area contributed by atoms with Crippen molar-refractivity contribution in [1.82, 2.24) is 9.97 Å². The van der Waals surface area contributed by atoms with Crippen molar-refractivity contribution >= 4 is 17.5 Å². The lowest BCUT2D eigenvalue weighted by Crippen LogP contribution is -2.11. The van der Waals surface area contributed by atoms with Gasteiger partial charge in [0.2, 0.25) is 11.8 Å². The van der Waals surface area contributed by atoms with E-state index in [1.165, 1.54) is 0 Å².